The van der Waals surface area contributed by atoms with Crippen molar-refractivity contribution in [1.29, 1.82) is 0 Å². The van der Waals surface area contributed by atoms with E-state index in [1.165, 1.54) is 0 Å². The number of thioether (sulfide) groups is 1. The van der Waals surface area contributed by atoms with Crippen molar-refractivity contribution in [2.45, 2.75) is 30.6 Å². The molecular weight excluding hydrogens is 236 g/mol. The van der Waals surface area contributed by atoms with E-state index in [1.54, 1.807) is 0 Å². The van der Waals surface area contributed by atoms with Crippen LogP contribution in [-0.4, -0.2) is 70.6 Å². The number of piperazine rings is 1. The predicted octanol–water partition coefficient (Wildman–Crippen LogP) is 0.973. The Morgan fingerprint density at radius 2 is 2.06 bits per heavy atom. The number of carboxylic acids is 1. The molecule has 0 aromatic carbocycles. The topological polar surface area (TPSA) is 43.8 Å². The molecule has 5 heteroatoms. The molecule has 0 amide bonds. The van der Waals surface area contributed by atoms with Gasteiger partial charge in [-0.15, -0.1) is 0 Å². The van der Waals surface area contributed by atoms with Crippen molar-refractivity contribution in [3.05, 3.63) is 0 Å². The summed E-state index contributed by atoms with van der Waals surface area (Å²) in [6.45, 7) is 6.35. The Morgan fingerprint density at radius 1 is 1.41 bits per heavy atom. The fourth-order valence-electron chi connectivity index (χ4n) is 2.97. The van der Waals surface area contributed by atoms with Crippen LogP contribution in [0.2, 0.25) is 0 Å². The van der Waals surface area contributed by atoms with Crippen LogP contribution >= 0.6 is 11.8 Å². The van der Waals surface area contributed by atoms with E-state index in [0.717, 1.165) is 38.4 Å². The summed E-state index contributed by atoms with van der Waals surface area (Å²) in [6, 6.07) is 0. The minimum absolute atomic E-state index is 0.0861. The van der Waals surface area contributed by atoms with Crippen LogP contribution in [0.15, 0.2) is 0 Å². The molecule has 2 aliphatic rings. The number of aliphatic carboxylic acids is 1. The molecule has 2 unspecified atom stereocenters. The molecule has 0 aromatic heterocycles. The molecular formula is C12H22N2O2S. The molecule has 0 radical (unpaired) electrons. The lowest BCUT2D eigenvalue weighted by atomic mass is 9.89. The summed E-state index contributed by atoms with van der Waals surface area (Å²) in [4.78, 5) is 15.9. The monoisotopic (exact) mass is 258 g/mol. The van der Waals surface area contributed by atoms with E-state index in [2.05, 4.69) is 23.8 Å². The van der Waals surface area contributed by atoms with Gasteiger partial charge in [-0.1, -0.05) is 6.92 Å². The number of carboxylic acid groups (broad SMARTS) is 1. The number of rotatable bonds is 3. The first-order chi connectivity index (χ1) is 8.02. The van der Waals surface area contributed by atoms with Crippen LogP contribution in [0, 0.1) is 0 Å². The second-order valence-electron chi connectivity index (χ2n) is 5.41. The third-order valence-electron chi connectivity index (χ3n) is 3.96. The molecule has 0 bridgehead atoms. The highest BCUT2D eigenvalue weighted by Gasteiger charge is 2.45. The maximum Gasteiger partial charge on any atom is 0.305 e. The fraction of sp³-hybridized carbons (Fsp3) is 0.917. The maximum atomic E-state index is 11.1. The van der Waals surface area contributed by atoms with Crippen LogP contribution in [-0.2, 0) is 4.79 Å². The van der Waals surface area contributed by atoms with Gasteiger partial charge in [0.2, 0.25) is 0 Å². The van der Waals surface area contributed by atoms with E-state index >= 15 is 0 Å². The van der Waals surface area contributed by atoms with Crippen molar-refractivity contribution in [2.24, 2.45) is 0 Å². The first-order valence-electron chi connectivity index (χ1n) is 6.29. The molecule has 2 fully saturated rings. The Labute approximate surface area is 107 Å². The Bertz CT molecular complexity index is 292. The quantitative estimate of drug-likeness (QED) is 0.817. The van der Waals surface area contributed by atoms with Gasteiger partial charge in [0.25, 0.3) is 0 Å². The molecule has 2 rings (SSSR count). The standard InChI is InChI=1S/C12H22N2O2S/c1-10-7-12(9-17-10,8-11(15)16)14-5-3-13(2)4-6-14/h10H,3-9H2,1-2H3,(H,15,16). The van der Waals surface area contributed by atoms with E-state index in [0.29, 0.717) is 11.7 Å². The first-order valence-corrected chi connectivity index (χ1v) is 7.34. The summed E-state index contributed by atoms with van der Waals surface area (Å²) in [5.41, 5.74) is -0.0861. The lowest BCUT2D eigenvalue weighted by Crippen LogP contribution is -2.57. The SMILES string of the molecule is CC1CC(CC(=O)O)(N2CCN(C)CC2)CS1. The second kappa shape index (κ2) is 5.16. The smallest absolute Gasteiger partial charge is 0.305 e. The van der Waals surface area contributed by atoms with Gasteiger partial charge >= 0.3 is 5.97 Å². The van der Waals surface area contributed by atoms with Crippen molar-refractivity contribution in [2.75, 3.05) is 39.0 Å². The summed E-state index contributed by atoms with van der Waals surface area (Å²) in [5, 5.41) is 9.75. The van der Waals surface area contributed by atoms with Gasteiger partial charge in [-0.05, 0) is 13.5 Å². The summed E-state index contributed by atoms with van der Waals surface area (Å²) < 4.78 is 0. The van der Waals surface area contributed by atoms with Crippen LogP contribution in [0.5, 0.6) is 0 Å². The normalized spacial score (nSPS) is 36.2. The molecule has 2 atom stereocenters. The van der Waals surface area contributed by atoms with Crippen LogP contribution in [0.25, 0.3) is 0 Å². The van der Waals surface area contributed by atoms with Crippen LogP contribution in [0.4, 0.5) is 0 Å². The van der Waals surface area contributed by atoms with E-state index in [1.807, 2.05) is 11.8 Å². The second-order valence-corrected chi connectivity index (χ2v) is 6.84. The van der Waals surface area contributed by atoms with Crippen LogP contribution in [0.1, 0.15) is 19.8 Å². The molecule has 0 aromatic rings. The summed E-state index contributed by atoms with van der Waals surface area (Å²) >= 11 is 1.92. The van der Waals surface area contributed by atoms with Crippen molar-refractivity contribution < 1.29 is 9.90 Å². The molecule has 0 spiro atoms. The molecule has 2 aliphatic heterocycles. The van der Waals surface area contributed by atoms with Crippen molar-refractivity contribution in [1.82, 2.24) is 9.80 Å². The first kappa shape index (κ1) is 13.2. The van der Waals surface area contributed by atoms with E-state index < -0.39 is 5.97 Å². The molecule has 98 valence electrons. The van der Waals surface area contributed by atoms with Crippen molar-refractivity contribution in [3.63, 3.8) is 0 Å². The average molecular weight is 258 g/mol. The zero-order chi connectivity index (χ0) is 12.5. The lowest BCUT2D eigenvalue weighted by Gasteiger charge is -2.44. The molecule has 1 N–H and O–H groups in total. The largest absolute Gasteiger partial charge is 0.481 e. The Kier molecular flexibility index (Phi) is 4.00. The van der Waals surface area contributed by atoms with E-state index in [-0.39, 0.29) is 5.54 Å². The fourth-order valence-corrected chi connectivity index (χ4v) is 4.39. The highest BCUT2D eigenvalue weighted by atomic mass is 32.2. The van der Waals surface area contributed by atoms with Gasteiger partial charge in [0.05, 0.1) is 6.42 Å². The average Bonchev–Trinajstić information content (AvgIpc) is 2.61. The third-order valence-corrected chi connectivity index (χ3v) is 5.40. The molecule has 17 heavy (non-hydrogen) atoms. The van der Waals surface area contributed by atoms with E-state index in [4.69, 9.17) is 5.11 Å². The van der Waals surface area contributed by atoms with Gasteiger partial charge in [-0.25, -0.2) is 0 Å². The Hall–Kier alpha value is -0.260. The van der Waals surface area contributed by atoms with Crippen molar-refractivity contribution >= 4 is 17.7 Å². The minimum Gasteiger partial charge on any atom is -0.481 e. The molecule has 0 saturated carbocycles. The Balaban J connectivity index is 2.07. The zero-order valence-electron chi connectivity index (χ0n) is 10.7. The Morgan fingerprint density at radius 3 is 2.53 bits per heavy atom. The van der Waals surface area contributed by atoms with Gasteiger partial charge in [0.15, 0.2) is 0 Å². The maximum absolute atomic E-state index is 11.1. The molecule has 0 aliphatic carbocycles. The van der Waals surface area contributed by atoms with Gasteiger partial charge in [0, 0.05) is 42.7 Å². The number of hydrogen-bond acceptors (Lipinski definition) is 4. The summed E-state index contributed by atoms with van der Waals surface area (Å²) in [6.07, 6.45) is 1.32. The molecule has 2 saturated heterocycles. The number of hydrogen-bond donors (Lipinski definition) is 1. The third kappa shape index (κ3) is 2.95. The minimum atomic E-state index is -0.654. The summed E-state index contributed by atoms with van der Waals surface area (Å²) in [5.74, 6) is 0.322. The van der Waals surface area contributed by atoms with Crippen LogP contribution < -0.4 is 0 Å². The highest BCUT2D eigenvalue weighted by Crippen LogP contribution is 2.41. The van der Waals surface area contributed by atoms with E-state index in [9.17, 15) is 4.79 Å². The highest BCUT2D eigenvalue weighted by molar-refractivity contribution is 8.00. The predicted molar refractivity (Wildman–Crippen MR) is 70.6 cm³/mol. The van der Waals surface area contributed by atoms with Gasteiger partial charge < -0.3 is 10.0 Å². The number of likely N-dealkylation sites (N-methyl/N-ethyl adjacent to an activating group) is 1. The van der Waals surface area contributed by atoms with Gasteiger partial charge in [0.1, 0.15) is 0 Å². The number of carbonyl (C=O) groups is 1. The molecule has 4 nitrogen and oxygen atoms in total. The van der Waals surface area contributed by atoms with Gasteiger partial charge in [-0.2, -0.15) is 11.8 Å². The number of nitrogens with zero attached hydrogens (tertiary/aromatic N) is 2. The van der Waals surface area contributed by atoms with Crippen molar-refractivity contribution in [3.8, 4) is 0 Å². The van der Waals surface area contributed by atoms with Crippen LogP contribution in [0.3, 0.4) is 0 Å². The summed E-state index contributed by atoms with van der Waals surface area (Å²) in [7, 11) is 2.13. The van der Waals surface area contributed by atoms with Gasteiger partial charge in [-0.3, -0.25) is 9.69 Å². The molecule has 2 heterocycles. The zero-order valence-corrected chi connectivity index (χ0v) is 11.5. The lowest BCUT2D eigenvalue weighted by molar-refractivity contribution is -0.140.